The highest BCUT2D eigenvalue weighted by Crippen LogP contribution is 2.55. The van der Waals surface area contributed by atoms with Crippen LogP contribution in [-0.2, 0) is 21.7 Å². The molecule has 16 rings (SSSR count). The van der Waals surface area contributed by atoms with Crippen molar-refractivity contribution >= 4 is 133 Å². The van der Waals surface area contributed by atoms with E-state index < -0.39 is 0 Å². The summed E-state index contributed by atoms with van der Waals surface area (Å²) >= 11 is 0. The highest BCUT2D eigenvalue weighted by Gasteiger charge is 2.33. The van der Waals surface area contributed by atoms with Crippen molar-refractivity contribution < 1.29 is 0 Å². The number of hydrogen-bond donors (Lipinski definition) is 0. The lowest BCUT2D eigenvalue weighted by Crippen LogP contribution is -2.17. The SMILES string of the molecule is Cc1ccc(N(c2ccc(C)cc2)c2cc(C(C)(C)C)c3ccc4c(N(c5ccc(C)cc5)c5ccc(C)cc5)cc(C(C)(C)C)c5ccc2c3c45)cc1.Cc1ccc(N(c2ccc(C)cc2)c2cc(C(C)(C)C)c3ccc4c(N(c5ccc(C)cc5)c5ccc(C)cc5)cc(C(C)(C)C)c5ccc2c3c45)cc1. The molecule has 0 fully saturated rings. The van der Waals surface area contributed by atoms with Gasteiger partial charge in [-0.2, -0.15) is 0 Å². The van der Waals surface area contributed by atoms with Crippen LogP contribution in [0.2, 0.25) is 0 Å². The van der Waals surface area contributed by atoms with Crippen LogP contribution in [0.3, 0.4) is 0 Å². The molecule has 0 radical (unpaired) electrons. The summed E-state index contributed by atoms with van der Waals surface area (Å²) in [5.41, 5.74) is 29.0. The van der Waals surface area contributed by atoms with Crippen LogP contribution in [0.25, 0.3) is 64.6 Å². The second kappa shape index (κ2) is 27.5. The number of aryl methyl sites for hydroxylation is 8. The van der Waals surface area contributed by atoms with Crippen LogP contribution >= 0.6 is 0 Å². The Kier molecular flexibility index (Phi) is 18.5. The molecule has 0 saturated carbocycles. The van der Waals surface area contributed by atoms with E-state index in [1.807, 2.05) is 0 Å². The first-order valence-corrected chi connectivity index (χ1v) is 38.7. The van der Waals surface area contributed by atoms with Gasteiger partial charge >= 0.3 is 0 Å². The first kappa shape index (κ1) is 72.4. The van der Waals surface area contributed by atoms with Gasteiger partial charge < -0.3 is 19.6 Å². The standard InChI is InChI=1S/2C52H52N2/c2*1-33-11-19-37(20-12-33)53(38-21-13-34(2)14-22-38)47-31-45(51(5,6)7)41-28-30-44-48(32-46(52(8,9)10)42-27-29-43(47)49(41)50(42)44)54(39-23-15-35(3)16-24-39)40-25-17-36(4)18-26-40/h2*11-32H,1-10H3. The monoisotopic (exact) mass is 1410 g/mol. The maximum atomic E-state index is 2.47. The summed E-state index contributed by atoms with van der Waals surface area (Å²) in [6.07, 6.45) is 0. The van der Waals surface area contributed by atoms with E-state index in [4.69, 9.17) is 0 Å². The molecule has 0 amide bonds. The van der Waals surface area contributed by atoms with E-state index in [2.05, 4.69) is 425 Å². The summed E-state index contributed by atoms with van der Waals surface area (Å²) in [5.74, 6) is 0. The van der Waals surface area contributed by atoms with Crippen molar-refractivity contribution in [3.8, 4) is 0 Å². The Bertz CT molecular complexity index is 5050. The van der Waals surface area contributed by atoms with E-state index in [0.29, 0.717) is 0 Å². The van der Waals surface area contributed by atoms with Gasteiger partial charge in [0.15, 0.2) is 0 Å². The molecular formula is C104H104N4. The Labute approximate surface area is 642 Å². The fraction of sp³-hybridized carbons (Fsp3) is 0.231. The molecule has 4 heteroatoms. The molecule has 0 unspecified atom stereocenters. The Morgan fingerprint density at radius 2 is 0.278 bits per heavy atom. The first-order chi connectivity index (χ1) is 51.4. The predicted octanol–water partition coefficient (Wildman–Crippen LogP) is 30.7. The molecule has 108 heavy (non-hydrogen) atoms. The van der Waals surface area contributed by atoms with Gasteiger partial charge in [-0.1, -0.05) is 273 Å². The fourth-order valence-electron chi connectivity index (χ4n) is 16.4. The maximum absolute atomic E-state index is 2.47. The van der Waals surface area contributed by atoms with Gasteiger partial charge in [0.25, 0.3) is 0 Å². The minimum absolute atomic E-state index is 0.102. The molecule has 540 valence electrons. The lowest BCUT2D eigenvalue weighted by atomic mass is 9.77. The third-order valence-electron chi connectivity index (χ3n) is 22.2. The van der Waals surface area contributed by atoms with Gasteiger partial charge in [-0.3, -0.25) is 0 Å². The molecule has 0 aliphatic rings. The highest BCUT2D eigenvalue weighted by molar-refractivity contribution is 6.31. The molecule has 0 heterocycles. The normalized spacial score (nSPS) is 12.3. The summed E-state index contributed by atoms with van der Waals surface area (Å²) in [6.45, 7) is 45.5. The molecule has 0 aromatic heterocycles. The van der Waals surface area contributed by atoms with Crippen molar-refractivity contribution in [2.45, 2.75) is 160 Å². The molecule has 0 aliphatic carbocycles. The van der Waals surface area contributed by atoms with Gasteiger partial charge in [0.05, 0.1) is 22.7 Å². The van der Waals surface area contributed by atoms with Crippen LogP contribution in [0.5, 0.6) is 0 Å². The number of nitrogens with zero attached hydrogens (tertiary/aromatic N) is 4. The minimum atomic E-state index is -0.102. The van der Waals surface area contributed by atoms with Crippen molar-refractivity contribution in [3.63, 3.8) is 0 Å². The van der Waals surface area contributed by atoms with Gasteiger partial charge in [0.2, 0.25) is 0 Å². The average Bonchev–Trinajstić information content (AvgIpc) is 0.706. The second-order valence-corrected chi connectivity index (χ2v) is 34.9. The Hall–Kier alpha value is -11.2. The topological polar surface area (TPSA) is 13.0 Å². The minimum Gasteiger partial charge on any atom is -0.310 e. The van der Waals surface area contributed by atoms with Gasteiger partial charge in [0.1, 0.15) is 0 Å². The number of rotatable bonds is 12. The van der Waals surface area contributed by atoms with Crippen molar-refractivity contribution in [1.29, 1.82) is 0 Å². The third kappa shape index (κ3) is 13.5. The van der Waals surface area contributed by atoms with Crippen LogP contribution in [0.15, 0.2) is 267 Å². The van der Waals surface area contributed by atoms with Crippen LogP contribution in [0.4, 0.5) is 68.2 Å². The van der Waals surface area contributed by atoms with Crippen molar-refractivity contribution in [2.75, 3.05) is 19.6 Å². The Balaban J connectivity index is 0.000000172. The van der Waals surface area contributed by atoms with Gasteiger partial charge in [-0.05, 0) is 264 Å². The molecule has 0 atom stereocenters. The summed E-state index contributed by atoms with van der Waals surface area (Å²) in [4.78, 5) is 9.87. The van der Waals surface area contributed by atoms with E-state index in [0.717, 1.165) is 45.5 Å². The van der Waals surface area contributed by atoms with Crippen molar-refractivity contribution in [2.24, 2.45) is 0 Å². The zero-order valence-corrected chi connectivity index (χ0v) is 67.2. The van der Waals surface area contributed by atoms with Crippen LogP contribution in [0.1, 0.15) is 150 Å². The highest BCUT2D eigenvalue weighted by atomic mass is 15.2. The lowest BCUT2D eigenvalue weighted by Gasteiger charge is -2.33. The molecule has 16 aromatic rings. The van der Waals surface area contributed by atoms with E-state index in [-0.39, 0.29) is 21.7 Å². The van der Waals surface area contributed by atoms with E-state index >= 15 is 0 Å². The van der Waals surface area contributed by atoms with Crippen LogP contribution < -0.4 is 19.6 Å². The van der Waals surface area contributed by atoms with E-state index in [1.54, 1.807) is 0 Å². The molecule has 16 aromatic carbocycles. The lowest BCUT2D eigenvalue weighted by molar-refractivity contribution is 0.595. The fourth-order valence-corrected chi connectivity index (χ4v) is 16.4. The molecule has 0 aliphatic heterocycles. The van der Waals surface area contributed by atoms with Crippen LogP contribution in [0, 0.1) is 55.4 Å². The first-order valence-electron chi connectivity index (χ1n) is 38.7. The van der Waals surface area contributed by atoms with Crippen LogP contribution in [-0.4, -0.2) is 0 Å². The Morgan fingerprint density at radius 3 is 0.398 bits per heavy atom. The average molecular weight is 1410 g/mol. The second-order valence-electron chi connectivity index (χ2n) is 34.9. The zero-order valence-electron chi connectivity index (χ0n) is 67.2. The molecule has 4 nitrogen and oxygen atoms in total. The van der Waals surface area contributed by atoms with Gasteiger partial charge in [0, 0.05) is 67.0 Å². The summed E-state index contributed by atoms with van der Waals surface area (Å²) < 4.78 is 0. The number of hydrogen-bond acceptors (Lipinski definition) is 4. The molecule has 0 spiro atoms. The van der Waals surface area contributed by atoms with E-state index in [1.165, 1.54) is 154 Å². The van der Waals surface area contributed by atoms with Gasteiger partial charge in [-0.15, -0.1) is 0 Å². The third-order valence-corrected chi connectivity index (χ3v) is 22.2. The smallest absolute Gasteiger partial charge is 0.0543 e. The molecule has 0 N–H and O–H groups in total. The van der Waals surface area contributed by atoms with Crippen molar-refractivity contribution in [1.82, 2.24) is 0 Å². The predicted molar refractivity (Wildman–Crippen MR) is 472 cm³/mol. The zero-order chi connectivity index (χ0) is 76.2. The Morgan fingerprint density at radius 1 is 0.157 bits per heavy atom. The largest absolute Gasteiger partial charge is 0.310 e. The quantitative estimate of drug-likeness (QED) is 0.113. The maximum Gasteiger partial charge on any atom is 0.0543 e. The van der Waals surface area contributed by atoms with E-state index in [9.17, 15) is 0 Å². The number of anilines is 12. The van der Waals surface area contributed by atoms with Crippen molar-refractivity contribution in [3.05, 3.63) is 334 Å². The molecule has 0 bridgehead atoms. The molecular weight excluding hydrogens is 1310 g/mol. The summed E-state index contributed by atoms with van der Waals surface area (Å²) in [5, 5.41) is 15.6. The molecule has 0 saturated heterocycles. The summed E-state index contributed by atoms with van der Waals surface area (Å²) in [6, 6.07) is 101. The summed E-state index contributed by atoms with van der Waals surface area (Å²) in [7, 11) is 0. The number of benzene rings is 16. The van der Waals surface area contributed by atoms with Gasteiger partial charge in [-0.25, -0.2) is 0 Å².